The molecule has 2 heterocycles. The molecule has 2 rings (SSSR count). The van der Waals surface area contributed by atoms with Crippen LogP contribution in [0.5, 0.6) is 0 Å². The van der Waals surface area contributed by atoms with Crippen molar-refractivity contribution in [2.45, 2.75) is 6.54 Å². The standard InChI is InChI=1S/C11H11N3O2/c12-4-10-3-8(1-2-13-10)5-14-6-9(7-14)11(15)16/h1-3,9H,5-7H2,(H,15,16). The lowest BCUT2D eigenvalue weighted by Gasteiger charge is -2.36. The highest BCUT2D eigenvalue weighted by Gasteiger charge is 2.32. The fraction of sp³-hybridized carbons (Fsp3) is 0.364. The second-order valence-electron chi connectivity index (χ2n) is 3.89. The Bertz CT molecular complexity index is 447. The van der Waals surface area contributed by atoms with Crippen molar-refractivity contribution in [2.24, 2.45) is 5.92 Å². The second kappa shape index (κ2) is 4.29. The Morgan fingerprint density at radius 2 is 2.44 bits per heavy atom. The van der Waals surface area contributed by atoms with Gasteiger partial charge >= 0.3 is 5.97 Å². The van der Waals surface area contributed by atoms with E-state index in [0.717, 1.165) is 5.56 Å². The Morgan fingerprint density at radius 1 is 1.69 bits per heavy atom. The minimum Gasteiger partial charge on any atom is -0.481 e. The van der Waals surface area contributed by atoms with Gasteiger partial charge in [0.1, 0.15) is 11.8 Å². The second-order valence-corrected chi connectivity index (χ2v) is 3.89. The summed E-state index contributed by atoms with van der Waals surface area (Å²) in [5, 5.41) is 17.4. The molecule has 1 aromatic rings. The first-order valence-corrected chi connectivity index (χ1v) is 4.99. The van der Waals surface area contributed by atoms with Crippen molar-refractivity contribution in [3.63, 3.8) is 0 Å². The number of likely N-dealkylation sites (tertiary alicyclic amines) is 1. The third kappa shape index (κ3) is 2.18. The summed E-state index contributed by atoms with van der Waals surface area (Å²) in [7, 11) is 0. The normalized spacial score (nSPS) is 16.4. The number of aliphatic carboxylic acids is 1. The summed E-state index contributed by atoms with van der Waals surface area (Å²) in [6.07, 6.45) is 1.60. The van der Waals surface area contributed by atoms with Gasteiger partial charge in [0, 0.05) is 25.8 Å². The number of hydrogen-bond acceptors (Lipinski definition) is 4. The van der Waals surface area contributed by atoms with E-state index in [-0.39, 0.29) is 5.92 Å². The lowest BCUT2D eigenvalue weighted by atomic mass is 10.00. The van der Waals surface area contributed by atoms with E-state index in [9.17, 15) is 4.79 Å². The highest BCUT2D eigenvalue weighted by Crippen LogP contribution is 2.18. The van der Waals surface area contributed by atoms with Crippen LogP contribution in [0.4, 0.5) is 0 Å². The van der Waals surface area contributed by atoms with Gasteiger partial charge in [-0.3, -0.25) is 9.69 Å². The number of carbonyl (C=O) groups is 1. The van der Waals surface area contributed by atoms with E-state index < -0.39 is 5.97 Å². The number of rotatable bonds is 3. The molecule has 1 aliphatic heterocycles. The summed E-state index contributed by atoms with van der Waals surface area (Å²) in [6, 6.07) is 5.55. The summed E-state index contributed by atoms with van der Waals surface area (Å²) in [4.78, 5) is 16.5. The minimum atomic E-state index is -0.733. The van der Waals surface area contributed by atoms with E-state index in [2.05, 4.69) is 4.98 Å². The van der Waals surface area contributed by atoms with Gasteiger partial charge in [0.2, 0.25) is 0 Å². The predicted molar refractivity (Wildman–Crippen MR) is 55.4 cm³/mol. The number of hydrogen-bond donors (Lipinski definition) is 1. The van der Waals surface area contributed by atoms with Gasteiger partial charge in [0.05, 0.1) is 5.92 Å². The number of aromatic nitrogens is 1. The first kappa shape index (κ1) is 10.6. The van der Waals surface area contributed by atoms with E-state index in [1.54, 1.807) is 12.3 Å². The SMILES string of the molecule is N#Cc1cc(CN2CC(C(=O)O)C2)ccn1. The molecule has 1 saturated heterocycles. The van der Waals surface area contributed by atoms with Crippen LogP contribution in [0.15, 0.2) is 18.3 Å². The molecule has 0 unspecified atom stereocenters. The third-order valence-corrected chi connectivity index (χ3v) is 2.65. The number of nitrogens with zero attached hydrogens (tertiary/aromatic N) is 3. The Kier molecular flexibility index (Phi) is 2.84. The zero-order valence-electron chi connectivity index (χ0n) is 8.63. The molecule has 82 valence electrons. The Labute approximate surface area is 92.9 Å². The average Bonchev–Trinajstić information content (AvgIpc) is 2.22. The van der Waals surface area contributed by atoms with Crippen LogP contribution >= 0.6 is 0 Å². The highest BCUT2D eigenvalue weighted by atomic mass is 16.4. The molecule has 16 heavy (non-hydrogen) atoms. The molecule has 5 nitrogen and oxygen atoms in total. The van der Waals surface area contributed by atoms with E-state index in [4.69, 9.17) is 10.4 Å². The summed E-state index contributed by atoms with van der Waals surface area (Å²) < 4.78 is 0. The lowest BCUT2D eigenvalue weighted by molar-refractivity contribution is -0.147. The van der Waals surface area contributed by atoms with Crippen molar-refractivity contribution >= 4 is 5.97 Å². The molecule has 5 heteroatoms. The zero-order chi connectivity index (χ0) is 11.5. The number of carboxylic acid groups (broad SMARTS) is 1. The molecule has 0 saturated carbocycles. The van der Waals surface area contributed by atoms with Gasteiger partial charge in [-0.05, 0) is 17.7 Å². The molecule has 0 spiro atoms. The smallest absolute Gasteiger partial charge is 0.309 e. The summed E-state index contributed by atoms with van der Waals surface area (Å²) >= 11 is 0. The third-order valence-electron chi connectivity index (χ3n) is 2.65. The maximum Gasteiger partial charge on any atom is 0.309 e. The highest BCUT2D eigenvalue weighted by molar-refractivity contribution is 5.71. The van der Waals surface area contributed by atoms with E-state index >= 15 is 0 Å². The van der Waals surface area contributed by atoms with Crippen LogP contribution in [0.2, 0.25) is 0 Å². The summed E-state index contributed by atoms with van der Waals surface area (Å²) in [5.41, 5.74) is 1.39. The van der Waals surface area contributed by atoms with Crippen molar-refractivity contribution in [3.05, 3.63) is 29.6 Å². The first-order chi connectivity index (χ1) is 7.69. The van der Waals surface area contributed by atoms with Gasteiger partial charge in [-0.1, -0.05) is 0 Å². The van der Waals surface area contributed by atoms with Gasteiger partial charge in [-0.2, -0.15) is 5.26 Å². The zero-order valence-corrected chi connectivity index (χ0v) is 8.63. The number of carboxylic acids is 1. The van der Waals surface area contributed by atoms with Crippen molar-refractivity contribution in [3.8, 4) is 6.07 Å². The molecular weight excluding hydrogens is 206 g/mol. The fourth-order valence-corrected chi connectivity index (χ4v) is 1.75. The minimum absolute atomic E-state index is 0.239. The van der Waals surface area contributed by atoms with Crippen molar-refractivity contribution in [1.29, 1.82) is 5.26 Å². The molecule has 1 aromatic heterocycles. The Hall–Kier alpha value is -1.93. The average molecular weight is 217 g/mol. The first-order valence-electron chi connectivity index (χ1n) is 4.99. The largest absolute Gasteiger partial charge is 0.481 e. The van der Waals surface area contributed by atoms with Crippen LogP contribution in [0.3, 0.4) is 0 Å². The van der Waals surface area contributed by atoms with Crippen LogP contribution in [-0.2, 0) is 11.3 Å². The van der Waals surface area contributed by atoms with Crippen LogP contribution in [0.25, 0.3) is 0 Å². The van der Waals surface area contributed by atoms with Gasteiger partial charge in [0.15, 0.2) is 0 Å². The maximum atomic E-state index is 10.6. The van der Waals surface area contributed by atoms with Crippen molar-refractivity contribution in [1.82, 2.24) is 9.88 Å². The molecule has 0 bridgehead atoms. The predicted octanol–water partition coefficient (Wildman–Crippen LogP) is 0.470. The van der Waals surface area contributed by atoms with E-state index in [1.165, 1.54) is 0 Å². The molecule has 0 aromatic carbocycles. The van der Waals surface area contributed by atoms with Gasteiger partial charge in [0.25, 0.3) is 0 Å². The molecule has 1 aliphatic rings. The molecule has 1 N–H and O–H groups in total. The molecule has 0 amide bonds. The van der Waals surface area contributed by atoms with E-state index in [0.29, 0.717) is 25.3 Å². The van der Waals surface area contributed by atoms with Crippen LogP contribution in [-0.4, -0.2) is 34.0 Å². The Balaban J connectivity index is 1.92. The van der Waals surface area contributed by atoms with Gasteiger partial charge in [-0.15, -0.1) is 0 Å². The van der Waals surface area contributed by atoms with Crippen molar-refractivity contribution < 1.29 is 9.90 Å². The van der Waals surface area contributed by atoms with Crippen LogP contribution < -0.4 is 0 Å². The number of nitriles is 1. The summed E-state index contributed by atoms with van der Waals surface area (Å²) in [6.45, 7) is 1.85. The van der Waals surface area contributed by atoms with Gasteiger partial charge < -0.3 is 5.11 Å². The lowest BCUT2D eigenvalue weighted by Crippen LogP contribution is -2.49. The molecular formula is C11H11N3O2. The number of pyridine rings is 1. The fourth-order valence-electron chi connectivity index (χ4n) is 1.75. The maximum absolute atomic E-state index is 10.6. The van der Waals surface area contributed by atoms with Gasteiger partial charge in [-0.25, -0.2) is 4.98 Å². The molecule has 0 atom stereocenters. The summed E-state index contributed by atoms with van der Waals surface area (Å²) in [5.74, 6) is -0.971. The van der Waals surface area contributed by atoms with Crippen LogP contribution in [0.1, 0.15) is 11.3 Å². The Morgan fingerprint density at radius 3 is 3.06 bits per heavy atom. The topological polar surface area (TPSA) is 77.2 Å². The monoisotopic (exact) mass is 217 g/mol. The molecule has 0 aliphatic carbocycles. The molecule has 0 radical (unpaired) electrons. The molecule has 1 fully saturated rings. The van der Waals surface area contributed by atoms with Crippen molar-refractivity contribution in [2.75, 3.05) is 13.1 Å². The van der Waals surface area contributed by atoms with Crippen LogP contribution in [0, 0.1) is 17.2 Å². The van der Waals surface area contributed by atoms with E-state index in [1.807, 2.05) is 17.0 Å². The quantitative estimate of drug-likeness (QED) is 0.796.